The van der Waals surface area contributed by atoms with Crippen molar-refractivity contribution in [1.29, 1.82) is 0 Å². The zero-order valence-corrected chi connectivity index (χ0v) is 10.1. The highest BCUT2D eigenvalue weighted by Gasteiger charge is 2.09. The fourth-order valence-corrected chi connectivity index (χ4v) is 2.13. The largest absolute Gasteiger partial charge is 0.466 e. The van der Waals surface area contributed by atoms with Gasteiger partial charge in [-0.2, -0.15) is 11.8 Å². The van der Waals surface area contributed by atoms with Crippen LogP contribution >= 0.6 is 11.8 Å². The van der Waals surface area contributed by atoms with Crippen LogP contribution < -0.4 is 5.73 Å². The molecule has 2 unspecified atom stereocenters. The van der Waals surface area contributed by atoms with Gasteiger partial charge in [-0.1, -0.05) is 6.92 Å². The number of carbonyl (C=O) groups is 1. The Labute approximate surface area is 90.8 Å². The Hall–Kier alpha value is -0.220. The second kappa shape index (κ2) is 8.12. The third kappa shape index (κ3) is 8.38. The average molecular weight is 219 g/mol. The van der Waals surface area contributed by atoms with Gasteiger partial charge in [-0.15, -0.1) is 0 Å². The van der Waals surface area contributed by atoms with Gasteiger partial charge in [-0.25, -0.2) is 0 Å². The van der Waals surface area contributed by atoms with Gasteiger partial charge >= 0.3 is 5.97 Å². The maximum atomic E-state index is 11.1. The first-order chi connectivity index (χ1) is 6.56. The first kappa shape index (κ1) is 13.8. The van der Waals surface area contributed by atoms with Gasteiger partial charge in [0.1, 0.15) is 0 Å². The Morgan fingerprint density at radius 2 is 2.14 bits per heavy atom. The zero-order valence-electron chi connectivity index (χ0n) is 9.29. The highest BCUT2D eigenvalue weighted by atomic mass is 32.2. The molecular formula is C10H21NO2S. The van der Waals surface area contributed by atoms with E-state index in [0.29, 0.717) is 18.3 Å². The molecule has 0 bridgehead atoms. The number of nitrogens with two attached hydrogens (primary N) is 1. The molecule has 0 fully saturated rings. The molecule has 0 rings (SSSR count). The summed E-state index contributed by atoms with van der Waals surface area (Å²) >= 11 is 1.78. The maximum Gasteiger partial charge on any atom is 0.306 e. The number of carbonyl (C=O) groups excluding carboxylic acids is 1. The average Bonchev–Trinajstić information content (AvgIpc) is 2.03. The van der Waals surface area contributed by atoms with Gasteiger partial charge in [-0.3, -0.25) is 4.79 Å². The molecule has 0 aromatic heterocycles. The van der Waals surface area contributed by atoms with Crippen molar-refractivity contribution < 1.29 is 9.53 Å². The molecule has 2 N–H and O–H groups in total. The van der Waals surface area contributed by atoms with E-state index in [1.54, 1.807) is 11.8 Å². The molecule has 14 heavy (non-hydrogen) atoms. The second-order valence-electron chi connectivity index (χ2n) is 3.46. The van der Waals surface area contributed by atoms with Crippen molar-refractivity contribution in [2.24, 2.45) is 5.73 Å². The lowest BCUT2D eigenvalue weighted by molar-refractivity contribution is -0.142. The Bertz CT molecular complexity index is 162. The monoisotopic (exact) mass is 219 g/mol. The SMILES string of the molecule is CCOC(=O)CC(C)SCCC(C)N. The summed E-state index contributed by atoms with van der Waals surface area (Å²) in [4.78, 5) is 11.1. The first-order valence-electron chi connectivity index (χ1n) is 5.09. The number of esters is 1. The number of hydrogen-bond acceptors (Lipinski definition) is 4. The number of rotatable bonds is 7. The lowest BCUT2D eigenvalue weighted by Gasteiger charge is -2.11. The standard InChI is InChI=1S/C10H21NO2S/c1-4-13-10(12)7-9(3)14-6-5-8(2)11/h8-9H,4-7,11H2,1-3H3. The third-order valence-corrected chi connectivity index (χ3v) is 2.94. The molecule has 2 atom stereocenters. The van der Waals surface area contributed by atoms with Crippen LogP contribution in [0.4, 0.5) is 0 Å². The molecule has 0 amide bonds. The second-order valence-corrected chi connectivity index (χ2v) is 5.00. The summed E-state index contributed by atoms with van der Waals surface area (Å²) < 4.78 is 4.86. The summed E-state index contributed by atoms with van der Waals surface area (Å²) in [6.07, 6.45) is 1.50. The van der Waals surface area contributed by atoms with E-state index in [0.717, 1.165) is 12.2 Å². The predicted octanol–water partition coefficient (Wildman–Crippen LogP) is 1.80. The van der Waals surface area contributed by atoms with Crippen LogP contribution in [0.1, 0.15) is 33.6 Å². The molecule has 0 spiro atoms. The fraction of sp³-hybridized carbons (Fsp3) is 0.900. The number of thioether (sulfide) groups is 1. The van der Waals surface area contributed by atoms with Gasteiger partial charge in [0, 0.05) is 11.3 Å². The summed E-state index contributed by atoms with van der Waals surface area (Å²) in [5.41, 5.74) is 5.62. The molecule has 0 aliphatic rings. The molecule has 0 saturated carbocycles. The minimum absolute atomic E-state index is 0.103. The summed E-state index contributed by atoms with van der Waals surface area (Å²) in [5, 5.41) is 0.327. The summed E-state index contributed by atoms with van der Waals surface area (Å²) in [6, 6.07) is 0.247. The van der Waals surface area contributed by atoms with E-state index in [9.17, 15) is 4.79 Å². The fourth-order valence-electron chi connectivity index (χ4n) is 0.969. The normalized spacial score (nSPS) is 14.9. The first-order valence-corrected chi connectivity index (χ1v) is 6.14. The quantitative estimate of drug-likeness (QED) is 0.663. The van der Waals surface area contributed by atoms with Crippen LogP contribution in [0.15, 0.2) is 0 Å². The van der Waals surface area contributed by atoms with Crippen LogP contribution in [0.25, 0.3) is 0 Å². The molecule has 84 valence electrons. The van der Waals surface area contributed by atoms with E-state index in [-0.39, 0.29) is 12.0 Å². The van der Waals surface area contributed by atoms with Crippen LogP contribution in [-0.4, -0.2) is 29.6 Å². The summed E-state index contributed by atoms with van der Waals surface area (Å²) in [7, 11) is 0. The van der Waals surface area contributed by atoms with Crippen molar-refractivity contribution in [2.75, 3.05) is 12.4 Å². The molecule has 0 saturated heterocycles. The topological polar surface area (TPSA) is 52.3 Å². The van der Waals surface area contributed by atoms with E-state index in [1.165, 1.54) is 0 Å². The number of hydrogen-bond donors (Lipinski definition) is 1. The third-order valence-electron chi connectivity index (χ3n) is 1.74. The molecular weight excluding hydrogens is 198 g/mol. The highest BCUT2D eigenvalue weighted by molar-refractivity contribution is 7.99. The van der Waals surface area contributed by atoms with Crippen molar-refractivity contribution >= 4 is 17.7 Å². The van der Waals surface area contributed by atoms with Crippen molar-refractivity contribution in [3.05, 3.63) is 0 Å². The highest BCUT2D eigenvalue weighted by Crippen LogP contribution is 2.16. The van der Waals surface area contributed by atoms with E-state index in [2.05, 4.69) is 0 Å². The Morgan fingerprint density at radius 1 is 1.50 bits per heavy atom. The van der Waals surface area contributed by atoms with E-state index in [1.807, 2.05) is 20.8 Å². The maximum absolute atomic E-state index is 11.1. The van der Waals surface area contributed by atoms with Gasteiger partial charge in [0.2, 0.25) is 0 Å². The van der Waals surface area contributed by atoms with Crippen molar-refractivity contribution in [2.45, 2.75) is 44.9 Å². The van der Waals surface area contributed by atoms with Crippen LogP contribution in [0.5, 0.6) is 0 Å². The zero-order chi connectivity index (χ0) is 11.0. The Kier molecular flexibility index (Phi) is 7.99. The Balaban J connectivity index is 3.44. The molecule has 0 aromatic carbocycles. The van der Waals surface area contributed by atoms with E-state index >= 15 is 0 Å². The molecule has 0 aliphatic carbocycles. The van der Waals surface area contributed by atoms with Crippen molar-refractivity contribution in [3.8, 4) is 0 Å². The smallest absolute Gasteiger partial charge is 0.306 e. The van der Waals surface area contributed by atoms with Crippen molar-refractivity contribution in [3.63, 3.8) is 0 Å². The molecule has 4 heteroatoms. The minimum Gasteiger partial charge on any atom is -0.466 e. The van der Waals surface area contributed by atoms with E-state index in [4.69, 9.17) is 10.5 Å². The van der Waals surface area contributed by atoms with Crippen molar-refractivity contribution in [1.82, 2.24) is 0 Å². The molecule has 0 heterocycles. The van der Waals surface area contributed by atoms with Gasteiger partial charge in [-0.05, 0) is 26.0 Å². The Morgan fingerprint density at radius 3 is 2.64 bits per heavy atom. The van der Waals surface area contributed by atoms with Gasteiger partial charge in [0.25, 0.3) is 0 Å². The van der Waals surface area contributed by atoms with Crippen LogP contribution in [0, 0.1) is 0 Å². The van der Waals surface area contributed by atoms with Gasteiger partial charge in [0.05, 0.1) is 13.0 Å². The van der Waals surface area contributed by atoms with Crippen LogP contribution in [0.2, 0.25) is 0 Å². The molecule has 0 aliphatic heterocycles. The molecule has 0 aromatic rings. The van der Waals surface area contributed by atoms with Crippen LogP contribution in [-0.2, 0) is 9.53 Å². The predicted molar refractivity (Wildman–Crippen MR) is 61.4 cm³/mol. The lowest BCUT2D eigenvalue weighted by Crippen LogP contribution is -2.17. The number of ether oxygens (including phenoxy) is 1. The van der Waals surface area contributed by atoms with Crippen LogP contribution in [0.3, 0.4) is 0 Å². The van der Waals surface area contributed by atoms with Gasteiger partial charge < -0.3 is 10.5 Å². The molecule has 3 nitrogen and oxygen atoms in total. The van der Waals surface area contributed by atoms with E-state index < -0.39 is 0 Å². The summed E-state index contributed by atoms with van der Waals surface area (Å²) in [5.74, 6) is 0.909. The van der Waals surface area contributed by atoms with Gasteiger partial charge in [0.15, 0.2) is 0 Å². The summed E-state index contributed by atoms with van der Waals surface area (Å²) in [6.45, 7) is 6.33. The lowest BCUT2D eigenvalue weighted by atomic mass is 10.3. The molecule has 0 radical (unpaired) electrons. The minimum atomic E-state index is -0.103.